The van der Waals surface area contributed by atoms with Gasteiger partial charge in [0.15, 0.2) is 0 Å². The third-order valence-corrected chi connectivity index (χ3v) is 6.65. The van der Waals surface area contributed by atoms with E-state index in [1.807, 2.05) is 18.2 Å². The number of hydrogen-bond acceptors (Lipinski definition) is 5. The van der Waals surface area contributed by atoms with Crippen LogP contribution in [0.5, 0.6) is 5.75 Å². The van der Waals surface area contributed by atoms with E-state index in [0.29, 0.717) is 12.4 Å². The van der Waals surface area contributed by atoms with Gasteiger partial charge in [0.05, 0.1) is 13.8 Å². The molecule has 1 aromatic carbocycles. The molecule has 2 atom stereocenters. The third kappa shape index (κ3) is 2.91. The first-order valence-corrected chi connectivity index (χ1v) is 9.91. The Morgan fingerprint density at radius 3 is 2.93 bits per heavy atom. The van der Waals surface area contributed by atoms with E-state index in [2.05, 4.69) is 28.6 Å². The maximum Gasteiger partial charge on any atom is 0.326 e. The molecule has 4 rings (SSSR count). The number of hydrogen-bond donors (Lipinski definition) is 1. The molecule has 0 saturated carbocycles. The molecule has 2 aliphatic heterocycles. The topological polar surface area (TPSA) is 61.9 Å². The standard InChI is InChI=1S/C20H23N3O3S/c1-13-16-8-10-27-17(16)7-9-22(13)12-23-18(24)20(2,21-19(23)25)14-5-4-6-15(11-14)26-3/h4-6,8,10-11,13H,7,9,12H2,1-3H3,(H,21,25)/t13-,20+/m0/s1. The van der Waals surface area contributed by atoms with Crippen LogP contribution in [0.25, 0.3) is 0 Å². The number of urea groups is 1. The number of fused-ring (bicyclic) bond motifs is 1. The third-order valence-electron chi connectivity index (χ3n) is 5.65. The maximum absolute atomic E-state index is 13.2. The highest BCUT2D eigenvalue weighted by Gasteiger charge is 2.49. The van der Waals surface area contributed by atoms with E-state index in [-0.39, 0.29) is 18.0 Å². The van der Waals surface area contributed by atoms with Crippen LogP contribution < -0.4 is 10.1 Å². The van der Waals surface area contributed by atoms with Crippen molar-refractivity contribution in [3.05, 3.63) is 51.7 Å². The zero-order chi connectivity index (χ0) is 19.2. The van der Waals surface area contributed by atoms with Gasteiger partial charge >= 0.3 is 6.03 Å². The summed E-state index contributed by atoms with van der Waals surface area (Å²) in [5, 5.41) is 4.98. The lowest BCUT2D eigenvalue weighted by Gasteiger charge is -2.35. The fraction of sp³-hybridized carbons (Fsp3) is 0.400. The molecule has 1 aromatic heterocycles. The molecule has 0 unspecified atom stereocenters. The number of thiophene rings is 1. The molecular formula is C20H23N3O3S. The Morgan fingerprint density at radius 1 is 1.33 bits per heavy atom. The number of rotatable bonds is 4. The molecule has 3 heterocycles. The van der Waals surface area contributed by atoms with E-state index in [4.69, 9.17) is 4.74 Å². The summed E-state index contributed by atoms with van der Waals surface area (Å²) >= 11 is 1.78. The van der Waals surface area contributed by atoms with Gasteiger partial charge in [-0.25, -0.2) is 9.69 Å². The summed E-state index contributed by atoms with van der Waals surface area (Å²) in [5.74, 6) is 0.424. The molecule has 142 valence electrons. The Morgan fingerprint density at radius 2 is 2.15 bits per heavy atom. The van der Waals surface area contributed by atoms with E-state index in [9.17, 15) is 9.59 Å². The van der Waals surface area contributed by atoms with E-state index >= 15 is 0 Å². The number of amides is 3. The molecule has 6 nitrogen and oxygen atoms in total. The van der Waals surface area contributed by atoms with Gasteiger partial charge in [0.25, 0.3) is 5.91 Å². The van der Waals surface area contributed by atoms with Crippen molar-refractivity contribution in [2.45, 2.75) is 31.8 Å². The summed E-state index contributed by atoms with van der Waals surface area (Å²) in [6.45, 7) is 5.01. The van der Waals surface area contributed by atoms with Crippen LogP contribution >= 0.6 is 11.3 Å². The summed E-state index contributed by atoms with van der Waals surface area (Å²) < 4.78 is 5.26. The van der Waals surface area contributed by atoms with Gasteiger partial charge in [0.1, 0.15) is 11.3 Å². The number of methoxy groups -OCH3 is 1. The van der Waals surface area contributed by atoms with Crippen molar-refractivity contribution in [2.24, 2.45) is 0 Å². The van der Waals surface area contributed by atoms with Gasteiger partial charge in [0.2, 0.25) is 0 Å². The summed E-state index contributed by atoms with van der Waals surface area (Å²) in [5.41, 5.74) is 0.932. The molecular weight excluding hydrogens is 362 g/mol. The number of nitrogens with one attached hydrogen (secondary N) is 1. The molecule has 27 heavy (non-hydrogen) atoms. The second-order valence-corrected chi connectivity index (χ2v) is 8.20. The van der Waals surface area contributed by atoms with Crippen molar-refractivity contribution in [2.75, 3.05) is 20.3 Å². The van der Waals surface area contributed by atoms with E-state index in [1.54, 1.807) is 31.4 Å². The largest absolute Gasteiger partial charge is 0.497 e. The zero-order valence-corrected chi connectivity index (χ0v) is 16.5. The molecule has 2 aromatic rings. The highest BCUT2D eigenvalue weighted by Crippen LogP contribution is 2.35. The Hall–Kier alpha value is -2.38. The van der Waals surface area contributed by atoms with Gasteiger partial charge in [0, 0.05) is 17.5 Å². The Bertz CT molecular complexity index is 896. The van der Waals surface area contributed by atoms with Crippen molar-refractivity contribution in [1.82, 2.24) is 15.1 Å². The predicted molar refractivity (Wildman–Crippen MR) is 104 cm³/mol. The number of carbonyl (C=O) groups excluding carboxylic acids is 2. The molecule has 0 aliphatic carbocycles. The maximum atomic E-state index is 13.2. The van der Waals surface area contributed by atoms with Crippen LogP contribution in [0, 0.1) is 0 Å². The molecule has 2 aliphatic rings. The van der Waals surface area contributed by atoms with Gasteiger partial charge < -0.3 is 10.1 Å². The highest BCUT2D eigenvalue weighted by molar-refractivity contribution is 7.10. The predicted octanol–water partition coefficient (Wildman–Crippen LogP) is 3.10. The number of ether oxygens (including phenoxy) is 1. The summed E-state index contributed by atoms with van der Waals surface area (Å²) in [4.78, 5) is 30.7. The van der Waals surface area contributed by atoms with Gasteiger partial charge in [-0.3, -0.25) is 9.69 Å². The minimum atomic E-state index is -1.09. The van der Waals surface area contributed by atoms with Crippen LogP contribution in [0.15, 0.2) is 35.7 Å². The average Bonchev–Trinajstić information content (AvgIpc) is 3.23. The molecule has 1 saturated heterocycles. The van der Waals surface area contributed by atoms with Crippen LogP contribution in [0.3, 0.4) is 0 Å². The first-order valence-electron chi connectivity index (χ1n) is 9.03. The van der Waals surface area contributed by atoms with Crippen molar-refractivity contribution in [3.63, 3.8) is 0 Å². The van der Waals surface area contributed by atoms with Gasteiger partial charge in [-0.1, -0.05) is 12.1 Å². The molecule has 0 radical (unpaired) electrons. The fourth-order valence-electron chi connectivity index (χ4n) is 3.89. The van der Waals surface area contributed by atoms with Crippen LogP contribution in [-0.4, -0.2) is 42.1 Å². The molecule has 0 spiro atoms. The van der Waals surface area contributed by atoms with Crippen molar-refractivity contribution < 1.29 is 14.3 Å². The van der Waals surface area contributed by atoms with Crippen molar-refractivity contribution in [3.8, 4) is 5.75 Å². The van der Waals surface area contributed by atoms with Crippen LogP contribution in [-0.2, 0) is 16.8 Å². The number of carbonyl (C=O) groups is 2. The number of benzene rings is 1. The van der Waals surface area contributed by atoms with Gasteiger partial charge in [-0.15, -0.1) is 11.3 Å². The smallest absolute Gasteiger partial charge is 0.326 e. The van der Waals surface area contributed by atoms with E-state index in [1.165, 1.54) is 15.3 Å². The lowest BCUT2D eigenvalue weighted by Crippen LogP contribution is -2.46. The lowest BCUT2D eigenvalue weighted by molar-refractivity contribution is -0.132. The first-order chi connectivity index (χ1) is 12.9. The van der Waals surface area contributed by atoms with Crippen LogP contribution in [0.1, 0.15) is 35.9 Å². The normalized spacial score (nSPS) is 25.4. The fourth-order valence-corrected chi connectivity index (χ4v) is 4.85. The average molecular weight is 385 g/mol. The second kappa shape index (κ2) is 6.65. The Kier molecular flexibility index (Phi) is 4.44. The first kappa shape index (κ1) is 18.0. The van der Waals surface area contributed by atoms with Crippen LogP contribution in [0.4, 0.5) is 4.79 Å². The molecule has 7 heteroatoms. The quantitative estimate of drug-likeness (QED) is 0.822. The minimum Gasteiger partial charge on any atom is -0.497 e. The Labute approximate surface area is 162 Å². The minimum absolute atomic E-state index is 0.185. The second-order valence-electron chi connectivity index (χ2n) is 7.20. The van der Waals surface area contributed by atoms with Gasteiger partial charge in [-0.2, -0.15) is 0 Å². The van der Waals surface area contributed by atoms with E-state index < -0.39 is 5.54 Å². The Balaban J connectivity index is 1.56. The van der Waals surface area contributed by atoms with Crippen molar-refractivity contribution >= 4 is 23.3 Å². The zero-order valence-electron chi connectivity index (χ0n) is 15.7. The van der Waals surface area contributed by atoms with Gasteiger partial charge in [-0.05, 0) is 55.0 Å². The van der Waals surface area contributed by atoms with E-state index in [0.717, 1.165) is 18.5 Å². The lowest BCUT2D eigenvalue weighted by atomic mass is 9.92. The monoisotopic (exact) mass is 385 g/mol. The summed E-state index contributed by atoms with van der Waals surface area (Å²) in [6, 6.07) is 9.25. The van der Waals surface area contributed by atoms with Crippen molar-refractivity contribution in [1.29, 1.82) is 0 Å². The summed E-state index contributed by atoms with van der Waals surface area (Å²) in [6.07, 6.45) is 0.953. The van der Waals surface area contributed by atoms with Crippen LogP contribution in [0.2, 0.25) is 0 Å². The number of imide groups is 1. The molecule has 1 fully saturated rings. The molecule has 3 amide bonds. The highest BCUT2D eigenvalue weighted by atomic mass is 32.1. The molecule has 0 bridgehead atoms. The summed E-state index contributed by atoms with van der Waals surface area (Å²) in [7, 11) is 1.58. The molecule has 1 N–H and O–H groups in total. The number of nitrogens with zero attached hydrogens (tertiary/aromatic N) is 2. The SMILES string of the molecule is COc1cccc([C@@]2(C)NC(=O)N(CN3CCc4sccc4[C@@H]3C)C2=O)c1.